The number of amides is 2. The second-order valence-corrected chi connectivity index (χ2v) is 6.93. The number of carboxylic acids is 1. The third-order valence-corrected chi connectivity index (χ3v) is 4.95. The van der Waals surface area contributed by atoms with Crippen molar-refractivity contribution in [2.24, 2.45) is 0 Å². The van der Waals surface area contributed by atoms with Gasteiger partial charge < -0.3 is 15.2 Å². The quantitative estimate of drug-likeness (QED) is 0.500. The zero-order valence-corrected chi connectivity index (χ0v) is 16.9. The van der Waals surface area contributed by atoms with E-state index in [1.807, 2.05) is 48.5 Å². The number of carbonyl (C=O) groups is 3. The van der Waals surface area contributed by atoms with Crippen molar-refractivity contribution in [3.63, 3.8) is 0 Å². The molecule has 0 saturated carbocycles. The van der Waals surface area contributed by atoms with E-state index in [-0.39, 0.29) is 18.9 Å². The van der Waals surface area contributed by atoms with Crippen LogP contribution < -0.4 is 5.32 Å². The van der Waals surface area contributed by atoms with Crippen molar-refractivity contribution >= 4 is 18.0 Å². The average molecular weight is 422 g/mol. The van der Waals surface area contributed by atoms with Gasteiger partial charge in [0.1, 0.15) is 12.6 Å². The molecule has 1 aliphatic carbocycles. The van der Waals surface area contributed by atoms with E-state index in [1.165, 1.54) is 7.05 Å². The molecular formula is C23H22N2O6. The second-order valence-electron chi connectivity index (χ2n) is 6.93. The number of ether oxygens (including phenoxy) is 1. The molecule has 0 radical (unpaired) electrons. The van der Waals surface area contributed by atoms with Gasteiger partial charge in [-0.05, 0) is 22.3 Å². The lowest BCUT2D eigenvalue weighted by Crippen LogP contribution is -2.47. The van der Waals surface area contributed by atoms with Crippen molar-refractivity contribution in [1.29, 1.82) is 0 Å². The Morgan fingerprint density at radius 2 is 1.71 bits per heavy atom. The van der Waals surface area contributed by atoms with E-state index in [2.05, 4.69) is 11.2 Å². The third-order valence-electron chi connectivity index (χ3n) is 4.95. The minimum atomic E-state index is -1.24. The fraction of sp³-hybridized carbons (Fsp3) is 0.261. The average Bonchev–Trinajstić information content (AvgIpc) is 3.09. The molecule has 1 aliphatic rings. The molecule has 8 heteroatoms. The Labute approximate surface area is 179 Å². The van der Waals surface area contributed by atoms with E-state index in [9.17, 15) is 14.4 Å². The molecule has 0 bridgehead atoms. The van der Waals surface area contributed by atoms with Crippen LogP contribution in [0.5, 0.6) is 0 Å². The van der Waals surface area contributed by atoms with Gasteiger partial charge in [-0.15, -0.1) is 12.3 Å². The first-order valence-corrected chi connectivity index (χ1v) is 9.59. The van der Waals surface area contributed by atoms with Crippen LogP contribution in [-0.2, 0) is 19.2 Å². The molecule has 2 N–H and O–H groups in total. The van der Waals surface area contributed by atoms with Gasteiger partial charge in [-0.3, -0.25) is 9.63 Å². The highest BCUT2D eigenvalue weighted by Gasteiger charge is 2.30. The number of carboxylic acid groups (broad SMARTS) is 1. The predicted octanol–water partition coefficient (Wildman–Crippen LogP) is 2.39. The molecule has 0 fully saturated rings. The highest BCUT2D eigenvalue weighted by Crippen LogP contribution is 2.44. The molecule has 1 atom stereocenters. The summed E-state index contributed by atoms with van der Waals surface area (Å²) in [4.78, 5) is 40.2. The minimum Gasteiger partial charge on any atom is -0.479 e. The summed E-state index contributed by atoms with van der Waals surface area (Å²) in [7, 11) is 1.24. The van der Waals surface area contributed by atoms with Gasteiger partial charge in [-0.25, -0.2) is 14.7 Å². The smallest absolute Gasteiger partial charge is 0.407 e. The topological polar surface area (TPSA) is 105 Å². The van der Waals surface area contributed by atoms with Crippen molar-refractivity contribution in [2.45, 2.75) is 18.4 Å². The number of alkyl carbamates (subject to hydrolysis) is 1. The first kappa shape index (κ1) is 21.9. The van der Waals surface area contributed by atoms with E-state index in [0.717, 1.165) is 27.3 Å². The lowest BCUT2D eigenvalue weighted by atomic mass is 9.98. The van der Waals surface area contributed by atoms with Gasteiger partial charge in [-0.1, -0.05) is 48.5 Å². The van der Waals surface area contributed by atoms with Crippen LogP contribution in [-0.4, -0.2) is 54.4 Å². The van der Waals surface area contributed by atoms with Crippen molar-refractivity contribution in [1.82, 2.24) is 10.4 Å². The number of hydrogen-bond acceptors (Lipinski definition) is 5. The van der Waals surface area contributed by atoms with Crippen molar-refractivity contribution in [2.75, 3.05) is 20.3 Å². The monoisotopic (exact) mass is 422 g/mol. The summed E-state index contributed by atoms with van der Waals surface area (Å²) in [5.41, 5.74) is 4.33. The number of carbonyl (C=O) groups excluding carboxylic acids is 2. The molecule has 31 heavy (non-hydrogen) atoms. The first-order valence-electron chi connectivity index (χ1n) is 9.59. The van der Waals surface area contributed by atoms with Crippen LogP contribution in [0.4, 0.5) is 4.79 Å². The van der Waals surface area contributed by atoms with Crippen LogP contribution in [0.2, 0.25) is 0 Å². The van der Waals surface area contributed by atoms with Crippen LogP contribution in [0.1, 0.15) is 23.5 Å². The number of nitrogens with one attached hydrogen (secondary N) is 1. The number of hydroxylamine groups is 2. The Balaban J connectivity index is 1.64. The molecular weight excluding hydrogens is 400 g/mol. The summed E-state index contributed by atoms with van der Waals surface area (Å²) in [5.74, 6) is 0.258. The number of hydrogen-bond donors (Lipinski definition) is 2. The molecule has 3 rings (SSSR count). The number of nitrogens with zero attached hydrogens (tertiary/aromatic N) is 1. The molecule has 0 aromatic heterocycles. The number of rotatable bonds is 8. The predicted molar refractivity (Wildman–Crippen MR) is 112 cm³/mol. The zero-order valence-electron chi connectivity index (χ0n) is 16.9. The Morgan fingerprint density at radius 1 is 1.13 bits per heavy atom. The van der Waals surface area contributed by atoms with Gasteiger partial charge in [0, 0.05) is 19.4 Å². The van der Waals surface area contributed by atoms with E-state index in [4.69, 9.17) is 21.1 Å². The normalized spacial score (nSPS) is 12.8. The summed E-state index contributed by atoms with van der Waals surface area (Å²) in [6.45, 7) is -0.613. The molecule has 0 aliphatic heterocycles. The van der Waals surface area contributed by atoms with E-state index >= 15 is 0 Å². The van der Waals surface area contributed by atoms with Crippen LogP contribution in [0.3, 0.4) is 0 Å². The number of terminal acetylenes is 1. The van der Waals surface area contributed by atoms with E-state index in [0.29, 0.717) is 0 Å². The molecule has 160 valence electrons. The zero-order chi connectivity index (χ0) is 22.4. The Morgan fingerprint density at radius 3 is 2.26 bits per heavy atom. The highest BCUT2D eigenvalue weighted by molar-refractivity contribution is 5.85. The van der Waals surface area contributed by atoms with Gasteiger partial charge >= 0.3 is 12.1 Å². The van der Waals surface area contributed by atoms with Crippen LogP contribution in [0.15, 0.2) is 48.5 Å². The summed E-state index contributed by atoms with van der Waals surface area (Å²) in [6.07, 6.45) is 4.39. The molecule has 0 saturated heterocycles. The standard InChI is InChI=1S/C23H22N2O6/c1-3-8-20(22(28)25(2)31-14-21(26)27)24-23(29)30-13-19-17-11-6-4-9-15(17)16-10-5-7-12-18(16)19/h1,4-7,9-12,19-20H,8,13-14H2,2H3,(H,24,29)(H,26,27). The number of benzene rings is 2. The molecule has 0 spiro atoms. The summed E-state index contributed by atoms with van der Waals surface area (Å²) in [5, 5.41) is 11.8. The maximum absolute atomic E-state index is 12.4. The Hall–Kier alpha value is -3.83. The van der Waals surface area contributed by atoms with Crippen LogP contribution >= 0.6 is 0 Å². The lowest BCUT2D eigenvalue weighted by molar-refractivity contribution is -0.187. The fourth-order valence-corrected chi connectivity index (χ4v) is 3.54. The molecule has 2 amide bonds. The Bertz CT molecular complexity index is 983. The number of aliphatic carboxylic acids is 1. The van der Waals surface area contributed by atoms with Gasteiger partial charge in [0.05, 0.1) is 0 Å². The van der Waals surface area contributed by atoms with Crippen molar-refractivity contribution in [3.8, 4) is 23.5 Å². The largest absolute Gasteiger partial charge is 0.479 e. The SMILES string of the molecule is C#CCC(NC(=O)OCC1c2ccccc2-c2ccccc21)C(=O)N(C)OCC(=O)O. The number of likely N-dealkylation sites (N-methyl/N-ethyl adjacent to an activating group) is 1. The molecule has 2 aromatic rings. The van der Waals surface area contributed by atoms with Crippen LogP contribution in [0.25, 0.3) is 11.1 Å². The fourth-order valence-electron chi connectivity index (χ4n) is 3.54. The van der Waals surface area contributed by atoms with Crippen molar-refractivity contribution < 1.29 is 29.1 Å². The van der Waals surface area contributed by atoms with E-state index < -0.39 is 30.6 Å². The maximum atomic E-state index is 12.4. The summed E-state index contributed by atoms with van der Waals surface area (Å²) < 4.78 is 5.42. The number of fused-ring (bicyclic) bond motifs is 3. The first-order chi connectivity index (χ1) is 14.9. The minimum absolute atomic E-state index is 0.0855. The molecule has 0 heterocycles. The second kappa shape index (κ2) is 9.78. The summed E-state index contributed by atoms with van der Waals surface area (Å²) in [6, 6.07) is 14.8. The van der Waals surface area contributed by atoms with Gasteiger partial charge in [0.25, 0.3) is 5.91 Å². The molecule has 2 aromatic carbocycles. The maximum Gasteiger partial charge on any atom is 0.407 e. The van der Waals surface area contributed by atoms with Gasteiger partial charge in [-0.2, -0.15) is 0 Å². The Kier molecular flexibility index (Phi) is 6.90. The lowest BCUT2D eigenvalue weighted by Gasteiger charge is -2.22. The highest BCUT2D eigenvalue weighted by atomic mass is 16.7. The van der Waals surface area contributed by atoms with Crippen molar-refractivity contribution in [3.05, 3.63) is 59.7 Å². The molecule has 8 nitrogen and oxygen atoms in total. The van der Waals surface area contributed by atoms with Gasteiger partial charge in [0.2, 0.25) is 0 Å². The summed E-state index contributed by atoms with van der Waals surface area (Å²) >= 11 is 0. The van der Waals surface area contributed by atoms with E-state index in [1.54, 1.807) is 0 Å². The molecule has 1 unspecified atom stereocenters. The van der Waals surface area contributed by atoms with Crippen LogP contribution in [0, 0.1) is 12.3 Å². The third kappa shape index (κ3) is 5.02. The van der Waals surface area contributed by atoms with Gasteiger partial charge in [0.15, 0.2) is 6.61 Å².